The van der Waals surface area contributed by atoms with Crippen LogP contribution in [0.15, 0.2) is 27.4 Å². The second-order valence-electron chi connectivity index (χ2n) is 5.92. The Kier molecular flexibility index (Phi) is 3.22. The highest BCUT2D eigenvalue weighted by Crippen LogP contribution is 2.22. The summed E-state index contributed by atoms with van der Waals surface area (Å²) in [6, 6.07) is 5.57. The Morgan fingerprint density at radius 2 is 2.00 bits per heavy atom. The SMILES string of the molecule is CCn1c(=O)oc2cccc(B3OCC(C)(C)CO3)c21. The van der Waals surface area contributed by atoms with Crippen molar-refractivity contribution >= 4 is 23.7 Å². The van der Waals surface area contributed by atoms with Crippen molar-refractivity contribution in [2.45, 2.75) is 27.3 Å². The summed E-state index contributed by atoms with van der Waals surface area (Å²) in [6.07, 6.45) is 0. The fraction of sp³-hybridized carbons (Fsp3) is 0.500. The Labute approximate surface area is 117 Å². The van der Waals surface area contributed by atoms with E-state index in [1.54, 1.807) is 10.6 Å². The Morgan fingerprint density at radius 3 is 2.65 bits per heavy atom. The highest BCUT2D eigenvalue weighted by molar-refractivity contribution is 6.64. The number of hydrogen-bond donors (Lipinski definition) is 0. The fourth-order valence-corrected chi connectivity index (χ4v) is 2.50. The summed E-state index contributed by atoms with van der Waals surface area (Å²) in [5.41, 5.74) is 2.22. The molecule has 0 saturated carbocycles. The highest BCUT2D eigenvalue weighted by Gasteiger charge is 2.35. The lowest BCUT2D eigenvalue weighted by Crippen LogP contribution is -2.48. The lowest BCUT2D eigenvalue weighted by atomic mass is 9.75. The molecule has 0 atom stereocenters. The van der Waals surface area contributed by atoms with Crippen LogP contribution in [0.25, 0.3) is 11.1 Å². The molecule has 3 rings (SSSR count). The van der Waals surface area contributed by atoms with Crippen molar-refractivity contribution < 1.29 is 13.7 Å². The van der Waals surface area contributed by atoms with Crippen LogP contribution in [0.4, 0.5) is 0 Å². The summed E-state index contributed by atoms with van der Waals surface area (Å²) >= 11 is 0. The van der Waals surface area contributed by atoms with Crippen molar-refractivity contribution in [3.8, 4) is 0 Å². The van der Waals surface area contributed by atoms with Gasteiger partial charge in [-0.15, -0.1) is 0 Å². The lowest BCUT2D eigenvalue weighted by molar-refractivity contribution is 0.0344. The highest BCUT2D eigenvalue weighted by atomic mass is 16.6. The van der Waals surface area contributed by atoms with E-state index in [-0.39, 0.29) is 11.2 Å². The molecule has 0 spiro atoms. The van der Waals surface area contributed by atoms with Crippen molar-refractivity contribution in [1.82, 2.24) is 4.57 Å². The summed E-state index contributed by atoms with van der Waals surface area (Å²) in [7, 11) is -0.443. The van der Waals surface area contributed by atoms with Gasteiger partial charge in [0.1, 0.15) is 0 Å². The molecule has 0 radical (unpaired) electrons. The van der Waals surface area contributed by atoms with Gasteiger partial charge in [-0.2, -0.15) is 0 Å². The number of hydrogen-bond acceptors (Lipinski definition) is 4. The van der Waals surface area contributed by atoms with Crippen LogP contribution >= 0.6 is 0 Å². The number of para-hydroxylation sites is 1. The van der Waals surface area contributed by atoms with E-state index in [1.165, 1.54) is 0 Å². The summed E-state index contributed by atoms with van der Waals surface area (Å²) in [4.78, 5) is 11.8. The first-order valence-electron chi connectivity index (χ1n) is 6.87. The van der Waals surface area contributed by atoms with Crippen LogP contribution in [0.1, 0.15) is 20.8 Å². The van der Waals surface area contributed by atoms with Crippen LogP contribution in [0.5, 0.6) is 0 Å². The first kappa shape index (κ1) is 13.5. The first-order valence-corrected chi connectivity index (χ1v) is 6.87. The van der Waals surface area contributed by atoms with Gasteiger partial charge < -0.3 is 13.7 Å². The molecule has 0 N–H and O–H groups in total. The van der Waals surface area contributed by atoms with Gasteiger partial charge in [-0.1, -0.05) is 26.0 Å². The molecule has 0 amide bonds. The fourth-order valence-electron chi connectivity index (χ4n) is 2.50. The summed E-state index contributed by atoms with van der Waals surface area (Å²) in [5.74, 6) is -0.342. The van der Waals surface area contributed by atoms with E-state index >= 15 is 0 Å². The molecule has 0 bridgehead atoms. The summed E-state index contributed by atoms with van der Waals surface area (Å²) in [6.45, 7) is 7.93. The Bertz CT molecular complexity index is 678. The summed E-state index contributed by atoms with van der Waals surface area (Å²) in [5, 5.41) is 0. The third-order valence-electron chi connectivity index (χ3n) is 3.54. The van der Waals surface area contributed by atoms with E-state index in [9.17, 15) is 4.79 Å². The van der Waals surface area contributed by atoms with Gasteiger partial charge >= 0.3 is 12.9 Å². The maximum atomic E-state index is 11.8. The van der Waals surface area contributed by atoms with Crippen LogP contribution in [0.3, 0.4) is 0 Å². The summed E-state index contributed by atoms with van der Waals surface area (Å²) < 4.78 is 18.5. The van der Waals surface area contributed by atoms with Crippen LogP contribution in [0, 0.1) is 5.41 Å². The monoisotopic (exact) mass is 275 g/mol. The van der Waals surface area contributed by atoms with Crippen molar-refractivity contribution in [3.05, 3.63) is 28.7 Å². The molecule has 2 aromatic rings. The molecule has 1 aliphatic heterocycles. The zero-order chi connectivity index (χ0) is 14.3. The number of aryl methyl sites for hydroxylation is 1. The van der Waals surface area contributed by atoms with Crippen molar-refractivity contribution in [2.75, 3.05) is 13.2 Å². The van der Waals surface area contributed by atoms with Crippen molar-refractivity contribution in [2.24, 2.45) is 5.41 Å². The average Bonchev–Trinajstić information content (AvgIpc) is 2.74. The largest absolute Gasteiger partial charge is 0.496 e. The minimum absolute atomic E-state index is 0.0191. The number of rotatable bonds is 2. The molecular weight excluding hydrogens is 257 g/mol. The van der Waals surface area contributed by atoms with Gasteiger partial charge in [0.2, 0.25) is 0 Å². The Balaban J connectivity index is 2.06. The molecule has 6 heteroatoms. The molecule has 0 aliphatic carbocycles. The smallest absolute Gasteiger partial charge is 0.408 e. The second-order valence-corrected chi connectivity index (χ2v) is 5.92. The van der Waals surface area contributed by atoms with Gasteiger partial charge in [0.05, 0.1) is 5.52 Å². The van der Waals surface area contributed by atoms with E-state index in [2.05, 4.69) is 13.8 Å². The van der Waals surface area contributed by atoms with Crippen molar-refractivity contribution in [1.29, 1.82) is 0 Å². The van der Waals surface area contributed by atoms with E-state index in [1.807, 2.05) is 19.1 Å². The quantitative estimate of drug-likeness (QED) is 0.777. The third-order valence-corrected chi connectivity index (χ3v) is 3.54. The van der Waals surface area contributed by atoms with Crippen LogP contribution in [-0.2, 0) is 15.9 Å². The van der Waals surface area contributed by atoms with Crippen molar-refractivity contribution in [3.63, 3.8) is 0 Å². The van der Waals surface area contributed by atoms with E-state index in [4.69, 9.17) is 13.7 Å². The van der Waals surface area contributed by atoms with E-state index in [0.717, 1.165) is 11.0 Å². The standard InChI is InChI=1S/C14H18BNO4/c1-4-16-12-10(6-5-7-11(12)20-13(16)17)15-18-8-14(2,3)9-19-15/h5-7H,4,8-9H2,1-3H3. The van der Waals surface area contributed by atoms with Gasteiger partial charge in [0.15, 0.2) is 5.58 Å². The molecular formula is C14H18BNO4. The van der Waals surface area contributed by atoms with Crippen LogP contribution in [-0.4, -0.2) is 24.9 Å². The molecule has 106 valence electrons. The molecule has 1 fully saturated rings. The maximum absolute atomic E-state index is 11.8. The molecule has 1 aromatic heterocycles. The van der Waals surface area contributed by atoms with Crippen LogP contribution < -0.4 is 11.2 Å². The Morgan fingerprint density at radius 1 is 1.30 bits per heavy atom. The number of fused-ring (bicyclic) bond motifs is 1. The van der Waals surface area contributed by atoms with Gasteiger partial charge in [-0.25, -0.2) is 4.79 Å². The number of aromatic nitrogens is 1. The molecule has 20 heavy (non-hydrogen) atoms. The average molecular weight is 275 g/mol. The molecule has 2 heterocycles. The third kappa shape index (κ3) is 2.19. The topological polar surface area (TPSA) is 53.6 Å². The maximum Gasteiger partial charge on any atom is 0.496 e. The van der Waals surface area contributed by atoms with E-state index < -0.39 is 7.12 Å². The van der Waals surface area contributed by atoms with Gasteiger partial charge in [0, 0.05) is 30.6 Å². The minimum atomic E-state index is -0.443. The Hall–Kier alpha value is -1.53. The zero-order valence-corrected chi connectivity index (χ0v) is 12.0. The molecule has 0 unspecified atom stereocenters. The molecule has 1 aliphatic rings. The zero-order valence-electron chi connectivity index (χ0n) is 12.0. The number of benzene rings is 1. The molecule has 1 saturated heterocycles. The predicted octanol–water partition coefficient (Wildman–Crippen LogP) is 1.38. The second kappa shape index (κ2) is 4.79. The normalized spacial score (nSPS) is 18.6. The molecule has 5 nitrogen and oxygen atoms in total. The van der Waals surface area contributed by atoms with Crippen LogP contribution in [0.2, 0.25) is 0 Å². The van der Waals surface area contributed by atoms with E-state index in [0.29, 0.717) is 25.3 Å². The number of oxazole rings is 1. The lowest BCUT2D eigenvalue weighted by Gasteiger charge is -2.33. The number of nitrogens with zero attached hydrogens (tertiary/aromatic N) is 1. The first-order chi connectivity index (χ1) is 9.52. The predicted molar refractivity (Wildman–Crippen MR) is 77.2 cm³/mol. The minimum Gasteiger partial charge on any atom is -0.408 e. The molecule has 1 aromatic carbocycles. The van der Waals surface area contributed by atoms with Gasteiger partial charge in [-0.05, 0) is 13.0 Å². The van der Waals surface area contributed by atoms with Gasteiger partial charge in [-0.3, -0.25) is 4.57 Å². The van der Waals surface area contributed by atoms with Gasteiger partial charge in [0.25, 0.3) is 0 Å².